The first-order valence-electron chi connectivity index (χ1n) is 29.7. The summed E-state index contributed by atoms with van der Waals surface area (Å²) in [6, 6.07) is 23.8. The predicted octanol–water partition coefficient (Wildman–Crippen LogP) is 8.48. The van der Waals surface area contributed by atoms with Crippen LogP contribution in [0.25, 0.3) is 44.8 Å². The molecule has 4 unspecified atom stereocenters. The Labute approximate surface area is 483 Å². The van der Waals surface area contributed by atoms with Crippen molar-refractivity contribution in [1.82, 2.24) is 59.3 Å². The van der Waals surface area contributed by atoms with Crippen LogP contribution in [0.15, 0.2) is 91.3 Å². The molecule has 10 heterocycles. The molecule has 4 bridgehead atoms. The van der Waals surface area contributed by atoms with Crippen molar-refractivity contribution in [2.75, 3.05) is 87.2 Å². The maximum absolute atomic E-state index is 14.3. The van der Waals surface area contributed by atoms with Crippen LogP contribution in [-0.2, 0) is 16.0 Å². The number of hydrazine groups is 1. The first-order chi connectivity index (χ1) is 40.9. The molecule has 6 aliphatic heterocycles. The number of aliphatic hydroxyl groups is 1. The monoisotopic (exact) mass is 1150 g/mol. The molecule has 3 aromatic carbocycles. The van der Waals surface area contributed by atoms with Crippen molar-refractivity contribution in [2.45, 2.75) is 119 Å². The summed E-state index contributed by atoms with van der Waals surface area (Å²) < 4.78 is 62.1. The van der Waals surface area contributed by atoms with Gasteiger partial charge in [-0.2, -0.15) is 23.4 Å². The van der Waals surface area contributed by atoms with Gasteiger partial charge in [0, 0.05) is 75.7 Å². The number of likely N-dealkylation sites (tertiary alicyclic amines) is 2. The average Bonchev–Trinajstić information content (AvgIpc) is 2.51. The number of anilines is 3. The van der Waals surface area contributed by atoms with Crippen LogP contribution in [0.4, 0.5) is 40.1 Å². The van der Waals surface area contributed by atoms with Crippen molar-refractivity contribution in [2.24, 2.45) is 0 Å². The van der Waals surface area contributed by atoms with Gasteiger partial charge in [0.05, 0.1) is 85.4 Å². The number of nitrogens with one attached hydrogen (secondary N) is 1. The molecule has 7 aliphatic rings. The molecule has 4 aromatic heterocycles. The van der Waals surface area contributed by atoms with Gasteiger partial charge in [0.2, 0.25) is 0 Å². The molecule has 14 rings (SSSR count). The topological polar surface area (TPSA) is 201 Å². The molecule has 21 nitrogen and oxygen atoms in total. The molecule has 0 radical (unpaired) electrons. The number of morpholine rings is 2. The Morgan fingerprint density at radius 1 is 0.631 bits per heavy atom. The number of amides is 3. The van der Waals surface area contributed by atoms with E-state index in [0.29, 0.717) is 80.4 Å². The highest BCUT2D eigenvalue weighted by molar-refractivity contribution is 5.92. The lowest BCUT2D eigenvalue weighted by molar-refractivity contribution is -0.148. The summed E-state index contributed by atoms with van der Waals surface area (Å²) in [6.07, 6.45) is 7.16. The van der Waals surface area contributed by atoms with Crippen molar-refractivity contribution in [1.29, 1.82) is 0 Å². The summed E-state index contributed by atoms with van der Waals surface area (Å²) in [4.78, 5) is 57.5. The van der Waals surface area contributed by atoms with Gasteiger partial charge in [0.25, 0.3) is 0 Å². The number of urea groups is 1. The minimum Gasteiger partial charge on any atom is -0.409 e. The average molecular weight is 1150 g/mol. The fourth-order valence-corrected chi connectivity index (χ4v) is 13.3. The Morgan fingerprint density at radius 3 is 1.62 bits per heavy atom. The van der Waals surface area contributed by atoms with E-state index in [1.807, 2.05) is 41.2 Å². The maximum Gasteiger partial charge on any atom is 0.434 e. The second-order valence-electron chi connectivity index (χ2n) is 23.6. The predicted molar refractivity (Wildman–Crippen MR) is 306 cm³/mol. The van der Waals surface area contributed by atoms with Gasteiger partial charge >= 0.3 is 18.3 Å². The molecule has 1 aliphatic carbocycles. The van der Waals surface area contributed by atoms with E-state index in [-0.39, 0.29) is 54.8 Å². The van der Waals surface area contributed by atoms with Gasteiger partial charge in [0.1, 0.15) is 17.4 Å². The number of benzene rings is 3. The Hall–Kier alpha value is -7.51. The SMILES string of the molecule is O=C(Oc1ccc(-c2nc(N3CC4CCC(C3)O4)c3cnn(C4CCN(Cc5ccccc5)CC4)c3n2)cc1)N(CCO)N(C(=O)Nc1ccc(-c2nc(N3CC4CCC(C3)O4)c3cnn(C4CCN(CC(F)(F)F)CC4)c3n2)cc1)C1CC1. The Morgan fingerprint density at radius 2 is 1.13 bits per heavy atom. The number of hydrogen-bond acceptors (Lipinski definition) is 16. The largest absolute Gasteiger partial charge is 0.434 e. The molecular weight excluding hydrogens is 1080 g/mol. The number of ether oxygens (including phenoxy) is 3. The second kappa shape index (κ2) is 22.8. The lowest BCUT2D eigenvalue weighted by atomic mass is 10.0. The maximum atomic E-state index is 14.3. The third-order valence-corrected chi connectivity index (χ3v) is 17.6. The quantitative estimate of drug-likeness (QED) is 0.0982. The van der Waals surface area contributed by atoms with Gasteiger partial charge in [0.15, 0.2) is 22.9 Å². The highest BCUT2D eigenvalue weighted by atomic mass is 19.4. The third kappa shape index (κ3) is 11.4. The zero-order chi connectivity index (χ0) is 57.1. The van der Waals surface area contributed by atoms with Crippen LogP contribution in [0, 0.1) is 0 Å². The number of rotatable bonds is 14. The number of aliphatic hydroxyl groups excluding tert-OH is 1. The second-order valence-corrected chi connectivity index (χ2v) is 23.6. The van der Waals surface area contributed by atoms with Gasteiger partial charge < -0.3 is 34.4 Å². The molecular formula is C60H68F3N15O6. The minimum atomic E-state index is -4.27. The van der Waals surface area contributed by atoms with Crippen molar-refractivity contribution < 1.29 is 42.1 Å². The van der Waals surface area contributed by atoms with Crippen LogP contribution in [0.3, 0.4) is 0 Å². The number of aromatic nitrogens is 8. The van der Waals surface area contributed by atoms with Crippen molar-refractivity contribution >= 4 is 51.5 Å². The lowest BCUT2D eigenvalue weighted by Gasteiger charge is -2.34. The summed E-state index contributed by atoms with van der Waals surface area (Å²) in [5.74, 6) is 2.74. The van der Waals surface area contributed by atoms with Gasteiger partial charge in [-0.15, -0.1) is 0 Å². The summed E-state index contributed by atoms with van der Waals surface area (Å²) in [6.45, 7) is 4.60. The smallest absolute Gasteiger partial charge is 0.409 e. The Bertz CT molecular complexity index is 3470. The molecule has 440 valence electrons. The van der Waals surface area contributed by atoms with E-state index in [2.05, 4.69) is 49.0 Å². The zero-order valence-corrected chi connectivity index (χ0v) is 46.6. The van der Waals surface area contributed by atoms with Crippen molar-refractivity contribution in [3.05, 3.63) is 96.8 Å². The molecule has 84 heavy (non-hydrogen) atoms. The number of carbonyl (C=O) groups is 2. The highest BCUT2D eigenvalue weighted by Crippen LogP contribution is 2.39. The zero-order valence-electron chi connectivity index (χ0n) is 46.6. The highest BCUT2D eigenvalue weighted by Gasteiger charge is 2.42. The number of carbonyl (C=O) groups excluding carboxylic acids is 2. The summed E-state index contributed by atoms with van der Waals surface area (Å²) >= 11 is 0. The molecule has 6 saturated heterocycles. The van der Waals surface area contributed by atoms with Crippen molar-refractivity contribution in [3.63, 3.8) is 0 Å². The van der Waals surface area contributed by atoms with Gasteiger partial charge in [-0.25, -0.2) is 48.9 Å². The van der Waals surface area contributed by atoms with Crippen LogP contribution >= 0.6 is 0 Å². The summed E-state index contributed by atoms with van der Waals surface area (Å²) in [7, 11) is 0. The lowest BCUT2D eigenvalue weighted by Crippen LogP contribution is -2.54. The first kappa shape index (κ1) is 54.4. The number of fused-ring (bicyclic) bond motifs is 6. The van der Waals surface area contributed by atoms with E-state index < -0.39 is 31.5 Å². The summed E-state index contributed by atoms with van der Waals surface area (Å²) in [5.41, 5.74) is 4.53. The molecule has 7 aromatic rings. The molecule has 7 fully saturated rings. The van der Waals surface area contributed by atoms with E-state index in [0.717, 1.165) is 110 Å². The number of alkyl halides is 3. The first-order valence-corrected chi connectivity index (χ1v) is 29.7. The normalized spacial score (nSPS) is 22.5. The fourth-order valence-electron chi connectivity index (χ4n) is 13.3. The summed E-state index contributed by atoms with van der Waals surface area (Å²) in [5, 5.41) is 27.1. The molecule has 0 spiro atoms. The number of piperidine rings is 2. The van der Waals surface area contributed by atoms with Gasteiger partial charge in [-0.1, -0.05) is 30.3 Å². The standard InChI is InChI=1S/C60H68F3N15O6/c61-60(62,63)37-72-26-22-43(23-27-72)77-56-50(31-65-77)54(73-33-46-16-17-47(34-73)82-46)67-52(69-56)39-6-10-41(11-7-39)66-58(80)78(44-12-13-44)75(28-29-79)59(81)84-45-14-8-40(9-15-45)53-68-55(74-35-48-18-19-49(36-74)83-48)51-30-64-76(57(51)70-53)42-20-24-71(25-21-42)32-38-4-2-1-3-5-38/h1-11,14-15,30-31,42-44,46-49,79H,12-13,16-29,32-37H2,(H,66,80). The van der Waals surface area contributed by atoms with E-state index in [4.69, 9.17) is 44.3 Å². The number of nitrogens with zero attached hydrogens (tertiary/aromatic N) is 14. The van der Waals surface area contributed by atoms with Crippen LogP contribution in [-0.4, -0.2) is 185 Å². The van der Waals surface area contributed by atoms with Crippen LogP contribution in [0.5, 0.6) is 5.75 Å². The minimum absolute atomic E-state index is 0.0838. The van der Waals surface area contributed by atoms with Gasteiger partial charge in [-0.3, -0.25) is 9.80 Å². The van der Waals surface area contributed by atoms with Crippen LogP contribution in [0.1, 0.15) is 81.9 Å². The van der Waals surface area contributed by atoms with E-state index in [1.54, 1.807) is 30.5 Å². The van der Waals surface area contributed by atoms with E-state index in [9.17, 15) is 27.9 Å². The third-order valence-electron chi connectivity index (χ3n) is 17.6. The van der Waals surface area contributed by atoms with Crippen LogP contribution in [0.2, 0.25) is 0 Å². The Balaban J connectivity index is 0.675. The number of halogens is 3. The van der Waals surface area contributed by atoms with Gasteiger partial charge in [-0.05, 0) is 118 Å². The molecule has 3 amide bonds. The van der Waals surface area contributed by atoms with Crippen LogP contribution < -0.4 is 19.9 Å². The molecule has 4 atom stereocenters. The number of hydrogen-bond donors (Lipinski definition) is 2. The molecule has 2 N–H and O–H groups in total. The Kier molecular flexibility index (Phi) is 14.8. The van der Waals surface area contributed by atoms with E-state index in [1.165, 1.54) is 15.5 Å². The van der Waals surface area contributed by atoms with E-state index >= 15 is 0 Å². The fraction of sp³-hybridized carbons (Fsp3) is 0.500. The molecule has 1 saturated carbocycles. The van der Waals surface area contributed by atoms with Crippen molar-refractivity contribution in [3.8, 4) is 28.5 Å². The molecule has 24 heteroatoms.